The van der Waals surface area contributed by atoms with E-state index in [1.807, 2.05) is 0 Å². The Labute approximate surface area is 97.6 Å². The first-order valence-corrected chi connectivity index (χ1v) is 5.10. The van der Waals surface area contributed by atoms with Gasteiger partial charge >= 0.3 is 5.97 Å². The number of hydrogen-bond acceptors (Lipinski definition) is 6. The summed E-state index contributed by atoms with van der Waals surface area (Å²) in [5.74, 6) is -0.296. The molecule has 0 unspecified atom stereocenters. The van der Waals surface area contributed by atoms with Gasteiger partial charge in [0.2, 0.25) is 0 Å². The number of rotatable bonds is 5. The second-order valence-electron chi connectivity index (χ2n) is 2.76. The number of hydrogen-bond donors (Lipinski definition) is 2. The fourth-order valence-corrected chi connectivity index (χ4v) is 1.25. The van der Waals surface area contributed by atoms with Crippen LogP contribution in [-0.2, 0) is 4.74 Å². The van der Waals surface area contributed by atoms with Gasteiger partial charge in [-0.15, -0.1) is 0 Å². The molecule has 0 fully saturated rings. The average molecular weight is 246 g/mol. The van der Waals surface area contributed by atoms with E-state index in [2.05, 4.69) is 15.3 Å². The number of nitrogens with zero attached hydrogens (tertiary/aromatic N) is 2. The van der Waals surface area contributed by atoms with Gasteiger partial charge in [-0.25, -0.2) is 14.8 Å². The highest BCUT2D eigenvalue weighted by atomic mass is 35.5. The maximum absolute atomic E-state index is 11.4. The van der Waals surface area contributed by atoms with Crippen molar-refractivity contribution in [2.45, 2.75) is 6.92 Å². The van der Waals surface area contributed by atoms with Crippen LogP contribution in [0.4, 0.5) is 5.82 Å². The number of carbonyl (C=O) groups is 1. The molecule has 0 atom stereocenters. The average Bonchev–Trinajstić information content (AvgIpc) is 2.28. The molecule has 6 nitrogen and oxygen atoms in total. The SMILES string of the molecule is CCOC(=O)c1ncnc(NCCO)c1Cl. The summed E-state index contributed by atoms with van der Waals surface area (Å²) in [5.41, 5.74) is 0.0129. The van der Waals surface area contributed by atoms with Gasteiger partial charge < -0.3 is 15.2 Å². The van der Waals surface area contributed by atoms with Crippen LogP contribution in [-0.4, -0.2) is 40.8 Å². The quantitative estimate of drug-likeness (QED) is 0.744. The molecule has 7 heteroatoms. The number of anilines is 1. The van der Waals surface area contributed by atoms with Crippen LogP contribution < -0.4 is 5.32 Å². The van der Waals surface area contributed by atoms with Crippen molar-refractivity contribution in [2.75, 3.05) is 25.1 Å². The lowest BCUT2D eigenvalue weighted by atomic mass is 10.4. The smallest absolute Gasteiger partial charge is 0.358 e. The van der Waals surface area contributed by atoms with Gasteiger partial charge in [0, 0.05) is 6.54 Å². The summed E-state index contributed by atoms with van der Waals surface area (Å²) in [6.07, 6.45) is 1.21. The summed E-state index contributed by atoms with van der Waals surface area (Å²) in [7, 11) is 0. The van der Waals surface area contributed by atoms with Crippen LogP contribution in [0.15, 0.2) is 6.33 Å². The van der Waals surface area contributed by atoms with Crippen LogP contribution >= 0.6 is 11.6 Å². The Bertz CT molecular complexity index is 373. The van der Waals surface area contributed by atoms with Crippen LogP contribution in [0.5, 0.6) is 0 Å². The molecule has 0 amide bonds. The molecule has 0 bridgehead atoms. The number of aromatic nitrogens is 2. The Morgan fingerprint density at radius 1 is 1.62 bits per heavy atom. The molecule has 0 saturated heterocycles. The normalized spacial score (nSPS) is 9.94. The summed E-state index contributed by atoms with van der Waals surface area (Å²) in [4.78, 5) is 19.0. The Morgan fingerprint density at radius 3 is 3.00 bits per heavy atom. The van der Waals surface area contributed by atoms with Crippen molar-refractivity contribution in [1.29, 1.82) is 0 Å². The molecule has 0 aliphatic rings. The van der Waals surface area contributed by atoms with Gasteiger partial charge in [-0.3, -0.25) is 0 Å². The third kappa shape index (κ3) is 3.04. The molecule has 0 spiro atoms. The number of halogens is 1. The molecule has 2 N–H and O–H groups in total. The minimum Gasteiger partial charge on any atom is -0.461 e. The van der Waals surface area contributed by atoms with Crippen molar-refractivity contribution < 1.29 is 14.6 Å². The van der Waals surface area contributed by atoms with Crippen LogP contribution in [0.3, 0.4) is 0 Å². The van der Waals surface area contributed by atoms with E-state index in [0.717, 1.165) is 0 Å². The second-order valence-corrected chi connectivity index (χ2v) is 3.13. The number of esters is 1. The van der Waals surface area contributed by atoms with Gasteiger partial charge in [0.05, 0.1) is 13.2 Å². The third-order valence-electron chi connectivity index (χ3n) is 1.66. The number of ether oxygens (including phenoxy) is 1. The molecule has 16 heavy (non-hydrogen) atoms. The van der Waals surface area contributed by atoms with Gasteiger partial charge in [-0.05, 0) is 6.92 Å². The predicted molar refractivity (Wildman–Crippen MR) is 58.6 cm³/mol. The topological polar surface area (TPSA) is 84.3 Å². The molecular formula is C9H12ClN3O3. The Kier molecular flexibility index (Phi) is 4.94. The van der Waals surface area contributed by atoms with E-state index in [0.29, 0.717) is 12.4 Å². The van der Waals surface area contributed by atoms with E-state index in [-0.39, 0.29) is 23.9 Å². The Balaban J connectivity index is 2.89. The van der Waals surface area contributed by atoms with Crippen LogP contribution in [0.25, 0.3) is 0 Å². The van der Waals surface area contributed by atoms with Crippen molar-refractivity contribution in [3.8, 4) is 0 Å². The maximum atomic E-state index is 11.4. The summed E-state index contributed by atoms with van der Waals surface area (Å²) in [6.45, 7) is 2.17. The van der Waals surface area contributed by atoms with E-state index in [1.165, 1.54) is 6.33 Å². The highest BCUT2D eigenvalue weighted by molar-refractivity contribution is 6.35. The molecule has 0 radical (unpaired) electrons. The third-order valence-corrected chi connectivity index (χ3v) is 2.02. The highest BCUT2D eigenvalue weighted by Crippen LogP contribution is 2.21. The van der Waals surface area contributed by atoms with E-state index in [4.69, 9.17) is 21.4 Å². The molecule has 1 aromatic heterocycles. The van der Waals surface area contributed by atoms with E-state index in [9.17, 15) is 4.79 Å². The molecule has 0 aliphatic carbocycles. The van der Waals surface area contributed by atoms with Crippen molar-refractivity contribution in [1.82, 2.24) is 9.97 Å². The molecule has 0 saturated carbocycles. The van der Waals surface area contributed by atoms with Crippen LogP contribution in [0.2, 0.25) is 5.02 Å². The highest BCUT2D eigenvalue weighted by Gasteiger charge is 2.16. The molecule has 0 aromatic carbocycles. The lowest BCUT2D eigenvalue weighted by molar-refractivity contribution is 0.0519. The standard InChI is InChI=1S/C9H12ClN3O3/c1-2-16-9(15)7-6(10)8(11-3-4-14)13-5-12-7/h5,14H,2-4H2,1H3,(H,11,12,13). The molecule has 0 aliphatic heterocycles. The number of nitrogens with one attached hydrogen (secondary N) is 1. The first-order valence-electron chi connectivity index (χ1n) is 4.73. The summed E-state index contributed by atoms with van der Waals surface area (Å²) in [6, 6.07) is 0. The lowest BCUT2D eigenvalue weighted by Crippen LogP contribution is -2.12. The first-order chi connectivity index (χ1) is 7.70. The molecule has 1 rings (SSSR count). The second kappa shape index (κ2) is 6.24. The zero-order chi connectivity index (χ0) is 12.0. The molecule has 1 heterocycles. The Hall–Kier alpha value is -1.40. The largest absolute Gasteiger partial charge is 0.461 e. The molecule has 88 valence electrons. The first kappa shape index (κ1) is 12.7. The van der Waals surface area contributed by atoms with Gasteiger partial charge in [0.15, 0.2) is 5.69 Å². The van der Waals surface area contributed by atoms with Crippen molar-refractivity contribution in [3.63, 3.8) is 0 Å². The summed E-state index contributed by atoms with van der Waals surface area (Å²) < 4.78 is 4.78. The minimum atomic E-state index is -0.595. The van der Waals surface area contributed by atoms with E-state index in [1.54, 1.807) is 6.92 Å². The Morgan fingerprint density at radius 2 is 2.38 bits per heavy atom. The summed E-state index contributed by atoms with van der Waals surface area (Å²) >= 11 is 5.91. The van der Waals surface area contributed by atoms with Gasteiger partial charge in [0.25, 0.3) is 0 Å². The minimum absolute atomic E-state index is 0.0129. The van der Waals surface area contributed by atoms with Gasteiger partial charge in [0.1, 0.15) is 17.2 Å². The fraction of sp³-hybridized carbons (Fsp3) is 0.444. The number of aliphatic hydroxyl groups is 1. The number of aliphatic hydroxyl groups excluding tert-OH is 1. The monoisotopic (exact) mass is 245 g/mol. The molecular weight excluding hydrogens is 234 g/mol. The fourth-order valence-electron chi connectivity index (χ4n) is 1.01. The van der Waals surface area contributed by atoms with Gasteiger partial charge in [-0.1, -0.05) is 11.6 Å². The van der Waals surface area contributed by atoms with Crippen LogP contribution in [0.1, 0.15) is 17.4 Å². The molecule has 1 aromatic rings. The zero-order valence-corrected chi connectivity index (χ0v) is 9.49. The van der Waals surface area contributed by atoms with Gasteiger partial charge in [-0.2, -0.15) is 0 Å². The number of carbonyl (C=O) groups excluding carboxylic acids is 1. The van der Waals surface area contributed by atoms with E-state index >= 15 is 0 Å². The maximum Gasteiger partial charge on any atom is 0.358 e. The van der Waals surface area contributed by atoms with E-state index < -0.39 is 5.97 Å². The zero-order valence-electron chi connectivity index (χ0n) is 8.73. The van der Waals surface area contributed by atoms with Crippen molar-refractivity contribution in [3.05, 3.63) is 17.0 Å². The lowest BCUT2D eigenvalue weighted by Gasteiger charge is -2.08. The van der Waals surface area contributed by atoms with Crippen molar-refractivity contribution >= 4 is 23.4 Å². The predicted octanol–water partition coefficient (Wildman–Crippen LogP) is 0.711. The van der Waals surface area contributed by atoms with Crippen LogP contribution in [0, 0.1) is 0 Å². The van der Waals surface area contributed by atoms with Crippen molar-refractivity contribution in [2.24, 2.45) is 0 Å². The summed E-state index contributed by atoms with van der Waals surface area (Å²) in [5, 5.41) is 11.5.